The Labute approximate surface area is 150 Å². The normalized spacial score (nSPS) is 41.6. The molecule has 2 aromatic carbocycles. The van der Waals surface area contributed by atoms with Crippen molar-refractivity contribution >= 4 is 0 Å². The first kappa shape index (κ1) is 16.4. The van der Waals surface area contributed by atoms with E-state index in [2.05, 4.69) is 0 Å². The molecule has 2 aliphatic heterocycles. The van der Waals surface area contributed by atoms with E-state index in [-0.39, 0.29) is 0 Å². The average molecular weight is 356 g/mol. The molecular weight excluding hydrogens is 336 g/mol. The van der Waals surface area contributed by atoms with E-state index in [1.807, 2.05) is 60.7 Å². The van der Waals surface area contributed by atoms with Gasteiger partial charge in [0, 0.05) is 11.1 Å². The maximum atomic E-state index is 10.5. The van der Waals surface area contributed by atoms with E-state index in [9.17, 15) is 10.2 Å². The minimum atomic E-state index is -1.10. The number of rotatable bonds is 2. The highest BCUT2D eigenvalue weighted by Crippen LogP contribution is 2.46. The monoisotopic (exact) mass is 356 g/mol. The molecular formula is C20H20O6. The van der Waals surface area contributed by atoms with E-state index in [4.69, 9.17) is 18.9 Å². The zero-order valence-corrected chi connectivity index (χ0v) is 13.9. The van der Waals surface area contributed by atoms with Crippen LogP contribution in [0.1, 0.15) is 23.7 Å². The third-order valence-corrected chi connectivity index (χ3v) is 5.26. The van der Waals surface area contributed by atoms with Crippen LogP contribution in [0.2, 0.25) is 0 Å². The van der Waals surface area contributed by atoms with Gasteiger partial charge in [-0.15, -0.1) is 0 Å². The van der Waals surface area contributed by atoms with Gasteiger partial charge in [0.05, 0.1) is 0 Å². The topological polar surface area (TPSA) is 77.4 Å². The van der Waals surface area contributed by atoms with Gasteiger partial charge in [0.25, 0.3) is 0 Å². The molecule has 8 atom stereocenters. The number of aliphatic hydroxyl groups excluding tert-OH is 2. The van der Waals surface area contributed by atoms with E-state index >= 15 is 0 Å². The molecule has 2 saturated heterocycles. The lowest BCUT2D eigenvalue weighted by Crippen LogP contribution is -2.61. The number of aliphatic hydroxyl groups is 2. The maximum Gasteiger partial charge on any atom is 0.184 e. The largest absolute Gasteiger partial charge is 0.387 e. The van der Waals surface area contributed by atoms with Crippen molar-refractivity contribution in [3.05, 3.63) is 71.8 Å². The zero-order valence-electron chi connectivity index (χ0n) is 13.9. The summed E-state index contributed by atoms with van der Waals surface area (Å²) in [4.78, 5) is 0. The SMILES string of the molecule is OC1C(O)C2OC(c3ccccc3)OC2C2OC(c3ccccc3)OC12. The number of fused-ring (bicyclic) bond motifs is 3. The summed E-state index contributed by atoms with van der Waals surface area (Å²) in [6.45, 7) is 0. The second-order valence-corrected chi connectivity index (χ2v) is 6.87. The highest BCUT2D eigenvalue weighted by atomic mass is 16.8. The Morgan fingerprint density at radius 3 is 1.23 bits per heavy atom. The Hall–Kier alpha value is -1.80. The van der Waals surface area contributed by atoms with Crippen molar-refractivity contribution in [2.45, 2.75) is 49.2 Å². The number of benzene rings is 2. The van der Waals surface area contributed by atoms with Crippen LogP contribution in [0.25, 0.3) is 0 Å². The summed E-state index contributed by atoms with van der Waals surface area (Å²) in [5.41, 5.74) is 1.72. The Bertz CT molecular complexity index is 688. The third-order valence-electron chi connectivity index (χ3n) is 5.26. The Morgan fingerprint density at radius 1 is 0.500 bits per heavy atom. The van der Waals surface area contributed by atoms with Gasteiger partial charge >= 0.3 is 0 Å². The summed E-state index contributed by atoms with van der Waals surface area (Å²) in [6.07, 6.45) is -5.79. The number of hydrogen-bond donors (Lipinski definition) is 2. The average Bonchev–Trinajstić information content (AvgIpc) is 3.32. The van der Waals surface area contributed by atoms with Crippen LogP contribution >= 0.6 is 0 Å². The number of hydrogen-bond acceptors (Lipinski definition) is 6. The third kappa shape index (κ3) is 2.58. The molecule has 136 valence electrons. The van der Waals surface area contributed by atoms with Gasteiger partial charge in [-0.05, 0) is 0 Å². The molecule has 3 fully saturated rings. The first-order chi connectivity index (χ1) is 12.7. The molecule has 0 aromatic heterocycles. The van der Waals surface area contributed by atoms with Gasteiger partial charge in [0.1, 0.15) is 36.6 Å². The van der Waals surface area contributed by atoms with E-state index in [0.717, 1.165) is 11.1 Å². The van der Waals surface area contributed by atoms with Gasteiger partial charge in [-0.2, -0.15) is 0 Å². The molecule has 6 heteroatoms. The summed E-state index contributed by atoms with van der Waals surface area (Å²) in [7, 11) is 0. The van der Waals surface area contributed by atoms with Gasteiger partial charge in [-0.1, -0.05) is 60.7 Å². The number of ether oxygens (including phenoxy) is 4. The molecule has 2 N–H and O–H groups in total. The van der Waals surface area contributed by atoms with Crippen LogP contribution in [0.15, 0.2) is 60.7 Å². The Kier molecular flexibility index (Phi) is 4.04. The summed E-state index contributed by atoms with van der Waals surface area (Å²) in [6, 6.07) is 19.1. The minimum absolute atomic E-state index is 0.516. The fraction of sp³-hybridized carbons (Fsp3) is 0.400. The van der Waals surface area contributed by atoms with Crippen molar-refractivity contribution in [2.24, 2.45) is 0 Å². The van der Waals surface area contributed by atoms with Crippen LogP contribution in [0.3, 0.4) is 0 Å². The summed E-state index contributed by atoms with van der Waals surface area (Å²) >= 11 is 0. The standard InChI is InChI=1S/C20H20O6/c21-13-14(22)16-18(26-20(24-16)12-9-5-2-6-10-12)17-15(13)23-19(25-17)11-7-3-1-4-8-11/h1-10,13-22H. The molecule has 0 bridgehead atoms. The van der Waals surface area contributed by atoms with Crippen molar-refractivity contribution in [1.82, 2.24) is 0 Å². The van der Waals surface area contributed by atoms with Crippen molar-refractivity contribution in [2.75, 3.05) is 0 Å². The Balaban J connectivity index is 1.41. The van der Waals surface area contributed by atoms with Gasteiger partial charge in [0.15, 0.2) is 12.6 Å². The fourth-order valence-electron chi connectivity index (χ4n) is 3.95. The molecule has 8 unspecified atom stereocenters. The van der Waals surface area contributed by atoms with E-state index in [0.29, 0.717) is 0 Å². The minimum Gasteiger partial charge on any atom is -0.387 e. The maximum absolute atomic E-state index is 10.5. The van der Waals surface area contributed by atoms with Crippen molar-refractivity contribution in [3.63, 3.8) is 0 Å². The first-order valence-electron chi connectivity index (χ1n) is 8.80. The molecule has 2 aromatic rings. The van der Waals surface area contributed by atoms with Gasteiger partial charge in [-0.25, -0.2) is 0 Å². The molecule has 26 heavy (non-hydrogen) atoms. The van der Waals surface area contributed by atoms with Gasteiger partial charge in [-0.3, -0.25) is 0 Å². The highest BCUT2D eigenvalue weighted by Gasteiger charge is 2.60. The van der Waals surface area contributed by atoms with Crippen LogP contribution in [0.4, 0.5) is 0 Å². The molecule has 5 rings (SSSR count). The lowest BCUT2D eigenvalue weighted by molar-refractivity contribution is -0.158. The lowest BCUT2D eigenvalue weighted by Gasteiger charge is -2.38. The molecule has 0 radical (unpaired) electrons. The van der Waals surface area contributed by atoms with E-state index < -0.39 is 49.2 Å². The second kappa shape index (κ2) is 6.42. The van der Waals surface area contributed by atoms with Gasteiger partial charge < -0.3 is 29.2 Å². The summed E-state index contributed by atoms with van der Waals surface area (Å²) < 4.78 is 24.0. The summed E-state index contributed by atoms with van der Waals surface area (Å²) in [5.74, 6) is 0. The van der Waals surface area contributed by atoms with Crippen molar-refractivity contribution in [3.8, 4) is 0 Å². The molecule has 0 amide bonds. The van der Waals surface area contributed by atoms with Crippen LogP contribution in [0, 0.1) is 0 Å². The fourth-order valence-corrected chi connectivity index (χ4v) is 3.95. The molecule has 1 saturated carbocycles. The van der Waals surface area contributed by atoms with Gasteiger partial charge in [0.2, 0.25) is 0 Å². The van der Waals surface area contributed by atoms with Crippen LogP contribution < -0.4 is 0 Å². The van der Waals surface area contributed by atoms with E-state index in [1.165, 1.54) is 0 Å². The Morgan fingerprint density at radius 2 is 0.846 bits per heavy atom. The molecule has 6 nitrogen and oxygen atoms in total. The molecule has 2 heterocycles. The first-order valence-corrected chi connectivity index (χ1v) is 8.80. The smallest absolute Gasteiger partial charge is 0.184 e. The van der Waals surface area contributed by atoms with Crippen LogP contribution in [-0.4, -0.2) is 46.8 Å². The summed E-state index contributed by atoms with van der Waals surface area (Å²) in [5, 5.41) is 21.1. The van der Waals surface area contributed by atoms with Crippen molar-refractivity contribution < 1.29 is 29.2 Å². The van der Waals surface area contributed by atoms with E-state index in [1.54, 1.807) is 0 Å². The zero-order chi connectivity index (χ0) is 17.7. The highest BCUT2D eigenvalue weighted by molar-refractivity contribution is 5.20. The molecule has 3 aliphatic rings. The second-order valence-electron chi connectivity index (χ2n) is 6.87. The van der Waals surface area contributed by atoms with Crippen LogP contribution in [0.5, 0.6) is 0 Å². The molecule has 1 aliphatic carbocycles. The predicted octanol–water partition coefficient (Wildman–Crippen LogP) is 1.69. The van der Waals surface area contributed by atoms with Crippen LogP contribution in [-0.2, 0) is 18.9 Å². The molecule has 0 spiro atoms. The lowest BCUT2D eigenvalue weighted by atomic mass is 9.85. The van der Waals surface area contributed by atoms with Crippen molar-refractivity contribution in [1.29, 1.82) is 0 Å². The quantitative estimate of drug-likeness (QED) is 0.853. The predicted molar refractivity (Wildman–Crippen MR) is 89.9 cm³/mol.